The van der Waals surface area contributed by atoms with Gasteiger partial charge in [-0.1, -0.05) is 38.1 Å². The van der Waals surface area contributed by atoms with Crippen LogP contribution in [0.4, 0.5) is 0 Å². The van der Waals surface area contributed by atoms with Crippen LogP contribution in [0.3, 0.4) is 0 Å². The third kappa shape index (κ3) is 4.62. The molecule has 0 saturated carbocycles. The lowest BCUT2D eigenvalue weighted by atomic mass is 9.93. The van der Waals surface area contributed by atoms with E-state index in [0.717, 1.165) is 71.6 Å². The minimum absolute atomic E-state index is 0.231. The number of hydrogen-bond donors (Lipinski definition) is 0. The maximum atomic E-state index is 12.9. The average molecular weight is 344 g/mol. The first-order valence-corrected chi connectivity index (χ1v) is 10.0. The lowest BCUT2D eigenvalue weighted by Gasteiger charge is -2.36. The van der Waals surface area contributed by atoms with Crippen LogP contribution in [0.15, 0.2) is 24.3 Å². The zero-order valence-corrected chi connectivity index (χ0v) is 15.9. The second-order valence-electron chi connectivity index (χ2n) is 7.42. The summed E-state index contributed by atoms with van der Waals surface area (Å²) in [6.45, 7) is 12.8. The van der Waals surface area contributed by atoms with E-state index >= 15 is 0 Å². The SMILES string of the molecule is CCN(CC)CCN1CCC(C(=O)N2CCc3ccccc3C2)CC1. The maximum absolute atomic E-state index is 12.9. The van der Waals surface area contributed by atoms with E-state index in [9.17, 15) is 4.79 Å². The molecule has 1 amide bonds. The van der Waals surface area contributed by atoms with Gasteiger partial charge >= 0.3 is 0 Å². The van der Waals surface area contributed by atoms with Crippen molar-refractivity contribution >= 4 is 5.91 Å². The molecule has 0 N–H and O–H groups in total. The molecule has 0 aliphatic carbocycles. The summed E-state index contributed by atoms with van der Waals surface area (Å²) in [5.41, 5.74) is 2.75. The molecule has 138 valence electrons. The molecular formula is C21H33N3O. The average Bonchev–Trinajstić information content (AvgIpc) is 2.68. The van der Waals surface area contributed by atoms with E-state index in [0.29, 0.717) is 5.91 Å². The highest BCUT2D eigenvalue weighted by molar-refractivity contribution is 5.79. The van der Waals surface area contributed by atoms with Crippen molar-refractivity contribution in [2.75, 3.05) is 45.8 Å². The van der Waals surface area contributed by atoms with Crippen molar-refractivity contribution in [3.8, 4) is 0 Å². The lowest BCUT2D eigenvalue weighted by molar-refractivity contribution is -0.138. The Labute approximate surface area is 152 Å². The third-order valence-electron chi connectivity index (χ3n) is 6.01. The summed E-state index contributed by atoms with van der Waals surface area (Å²) in [5.74, 6) is 0.618. The second kappa shape index (κ2) is 8.81. The van der Waals surface area contributed by atoms with Crippen LogP contribution in [0.1, 0.15) is 37.8 Å². The van der Waals surface area contributed by atoms with Gasteiger partial charge in [-0.05, 0) is 56.6 Å². The van der Waals surface area contributed by atoms with Crippen LogP contribution in [-0.2, 0) is 17.8 Å². The molecule has 1 saturated heterocycles. The van der Waals surface area contributed by atoms with Gasteiger partial charge in [-0.3, -0.25) is 4.79 Å². The number of carbonyl (C=O) groups excluding carboxylic acids is 1. The fraction of sp³-hybridized carbons (Fsp3) is 0.667. The van der Waals surface area contributed by atoms with Gasteiger partial charge in [-0.15, -0.1) is 0 Å². The van der Waals surface area contributed by atoms with Crippen LogP contribution in [0.25, 0.3) is 0 Å². The summed E-state index contributed by atoms with van der Waals surface area (Å²) in [6, 6.07) is 8.56. The summed E-state index contributed by atoms with van der Waals surface area (Å²) >= 11 is 0. The molecule has 2 aliphatic rings. The Morgan fingerprint density at radius 1 is 1.08 bits per heavy atom. The summed E-state index contributed by atoms with van der Waals surface area (Å²) in [4.78, 5) is 20.0. The van der Waals surface area contributed by atoms with Gasteiger partial charge in [0.2, 0.25) is 5.91 Å². The molecule has 3 rings (SSSR count). The largest absolute Gasteiger partial charge is 0.338 e. The van der Waals surface area contributed by atoms with Crippen LogP contribution in [0.5, 0.6) is 0 Å². The van der Waals surface area contributed by atoms with Crippen molar-refractivity contribution in [2.24, 2.45) is 5.92 Å². The molecule has 4 nitrogen and oxygen atoms in total. The zero-order chi connectivity index (χ0) is 17.6. The number of nitrogens with zero attached hydrogens (tertiary/aromatic N) is 3. The van der Waals surface area contributed by atoms with Gasteiger partial charge < -0.3 is 14.7 Å². The second-order valence-corrected chi connectivity index (χ2v) is 7.42. The Bertz CT molecular complexity index is 562. The van der Waals surface area contributed by atoms with Gasteiger partial charge in [0, 0.05) is 32.1 Å². The van der Waals surface area contributed by atoms with Crippen LogP contribution >= 0.6 is 0 Å². The Morgan fingerprint density at radius 3 is 2.44 bits per heavy atom. The normalized spacial score (nSPS) is 19.2. The standard InChI is InChI=1S/C21H33N3O/c1-3-22(4-2)15-16-23-12-9-19(10-13-23)21(25)24-14-11-18-7-5-6-8-20(18)17-24/h5-8,19H,3-4,9-17H2,1-2H3. The van der Waals surface area contributed by atoms with Crippen molar-refractivity contribution < 1.29 is 4.79 Å². The molecule has 2 heterocycles. The molecule has 0 spiro atoms. The molecule has 0 aromatic heterocycles. The number of likely N-dealkylation sites (tertiary alicyclic amines) is 1. The Balaban J connectivity index is 1.46. The number of piperidine rings is 1. The van der Waals surface area contributed by atoms with Gasteiger partial charge in [-0.2, -0.15) is 0 Å². The highest BCUT2D eigenvalue weighted by Crippen LogP contribution is 2.24. The minimum atomic E-state index is 0.231. The van der Waals surface area contributed by atoms with Gasteiger partial charge in [0.25, 0.3) is 0 Å². The fourth-order valence-electron chi connectivity index (χ4n) is 4.17. The molecule has 25 heavy (non-hydrogen) atoms. The van der Waals surface area contributed by atoms with E-state index in [4.69, 9.17) is 0 Å². The summed E-state index contributed by atoms with van der Waals surface area (Å²) in [7, 11) is 0. The molecule has 1 aromatic rings. The van der Waals surface area contributed by atoms with Gasteiger partial charge in [-0.25, -0.2) is 0 Å². The topological polar surface area (TPSA) is 26.8 Å². The van der Waals surface area contributed by atoms with Crippen molar-refractivity contribution in [3.63, 3.8) is 0 Å². The first-order valence-electron chi connectivity index (χ1n) is 10.0. The van der Waals surface area contributed by atoms with Gasteiger partial charge in [0.05, 0.1) is 0 Å². The number of carbonyl (C=O) groups is 1. The van der Waals surface area contributed by atoms with E-state index in [2.05, 4.69) is 52.8 Å². The zero-order valence-electron chi connectivity index (χ0n) is 15.9. The van der Waals surface area contributed by atoms with E-state index in [1.807, 2.05) is 0 Å². The van der Waals surface area contributed by atoms with E-state index in [-0.39, 0.29) is 5.92 Å². The Morgan fingerprint density at radius 2 is 1.76 bits per heavy atom. The van der Waals surface area contributed by atoms with E-state index < -0.39 is 0 Å². The predicted octanol–water partition coefficient (Wildman–Crippen LogP) is 2.63. The number of amides is 1. The highest BCUT2D eigenvalue weighted by atomic mass is 16.2. The Kier molecular flexibility index (Phi) is 6.49. The molecule has 0 bridgehead atoms. The summed E-state index contributed by atoms with van der Waals surface area (Å²) < 4.78 is 0. The number of hydrogen-bond acceptors (Lipinski definition) is 3. The van der Waals surface area contributed by atoms with Crippen molar-refractivity contribution in [1.29, 1.82) is 0 Å². The molecule has 0 radical (unpaired) electrons. The molecule has 1 fully saturated rings. The number of likely N-dealkylation sites (N-methyl/N-ethyl adjacent to an activating group) is 1. The minimum Gasteiger partial charge on any atom is -0.338 e. The van der Waals surface area contributed by atoms with Crippen molar-refractivity contribution in [1.82, 2.24) is 14.7 Å². The van der Waals surface area contributed by atoms with Gasteiger partial charge in [0.15, 0.2) is 0 Å². The van der Waals surface area contributed by atoms with Crippen LogP contribution in [0.2, 0.25) is 0 Å². The number of fused-ring (bicyclic) bond motifs is 1. The molecule has 4 heteroatoms. The first-order chi connectivity index (χ1) is 12.2. The van der Waals surface area contributed by atoms with Crippen molar-refractivity contribution in [2.45, 2.75) is 39.7 Å². The fourth-order valence-corrected chi connectivity index (χ4v) is 4.17. The lowest BCUT2D eigenvalue weighted by Crippen LogP contribution is -2.45. The summed E-state index contributed by atoms with van der Waals surface area (Å²) in [6.07, 6.45) is 3.05. The van der Waals surface area contributed by atoms with Gasteiger partial charge in [0.1, 0.15) is 0 Å². The number of rotatable bonds is 6. The third-order valence-corrected chi connectivity index (χ3v) is 6.01. The van der Waals surface area contributed by atoms with Crippen LogP contribution in [-0.4, -0.2) is 66.4 Å². The van der Waals surface area contributed by atoms with E-state index in [1.165, 1.54) is 11.1 Å². The van der Waals surface area contributed by atoms with Crippen LogP contribution in [0, 0.1) is 5.92 Å². The highest BCUT2D eigenvalue weighted by Gasteiger charge is 2.30. The first kappa shape index (κ1) is 18.4. The molecule has 0 unspecified atom stereocenters. The summed E-state index contributed by atoms with van der Waals surface area (Å²) in [5, 5.41) is 0. The maximum Gasteiger partial charge on any atom is 0.226 e. The van der Waals surface area contributed by atoms with Crippen LogP contribution < -0.4 is 0 Å². The van der Waals surface area contributed by atoms with Crippen molar-refractivity contribution in [3.05, 3.63) is 35.4 Å². The monoisotopic (exact) mass is 343 g/mol. The molecule has 2 aliphatic heterocycles. The number of benzene rings is 1. The smallest absolute Gasteiger partial charge is 0.226 e. The quantitative estimate of drug-likeness (QED) is 0.794. The molecule has 1 aromatic carbocycles. The predicted molar refractivity (Wildman–Crippen MR) is 103 cm³/mol. The Hall–Kier alpha value is -1.39. The van der Waals surface area contributed by atoms with E-state index in [1.54, 1.807) is 0 Å². The molecular weight excluding hydrogens is 310 g/mol. The molecule has 0 atom stereocenters.